The van der Waals surface area contributed by atoms with E-state index in [-0.39, 0.29) is 62.0 Å². The Morgan fingerprint density at radius 3 is 2.45 bits per heavy atom. The number of rotatable bonds is 22. The smallest absolute Gasteiger partial charge is 0.412 e. The number of allylic oxidation sites excluding steroid dienone is 1. The molecule has 2 fully saturated rings. The van der Waals surface area contributed by atoms with Crippen molar-refractivity contribution in [2.75, 3.05) is 38.3 Å². The molecule has 4 aliphatic rings. The van der Waals surface area contributed by atoms with Gasteiger partial charge in [-0.2, -0.15) is 4.31 Å². The van der Waals surface area contributed by atoms with E-state index in [0.29, 0.717) is 68.0 Å². The predicted octanol–water partition coefficient (Wildman–Crippen LogP) is 8.19. The first-order chi connectivity index (χ1) is 32.5. The van der Waals surface area contributed by atoms with Crippen molar-refractivity contribution < 1.29 is 52.0 Å². The van der Waals surface area contributed by atoms with Crippen LogP contribution in [0.15, 0.2) is 107 Å². The summed E-state index contributed by atoms with van der Waals surface area (Å²) < 4.78 is 58.3. The number of benzene rings is 3. The van der Waals surface area contributed by atoms with Crippen LogP contribution in [0.3, 0.4) is 0 Å². The second-order valence-electron chi connectivity index (χ2n) is 17.7. The molecular formula is C51H66N4O11S. The van der Waals surface area contributed by atoms with Gasteiger partial charge < -0.3 is 44.6 Å². The van der Waals surface area contributed by atoms with Gasteiger partial charge in [-0.3, -0.25) is 4.79 Å². The first-order valence-electron chi connectivity index (χ1n) is 23.8. The Hall–Kier alpha value is -5.10. The molecule has 0 bridgehead atoms. The maximum atomic E-state index is 15.3. The van der Waals surface area contributed by atoms with E-state index in [2.05, 4.69) is 23.3 Å². The average Bonchev–Trinajstić information content (AvgIpc) is 3.33. The lowest BCUT2D eigenvalue weighted by molar-refractivity contribution is -0.251. The Labute approximate surface area is 394 Å². The van der Waals surface area contributed by atoms with Crippen molar-refractivity contribution in [2.45, 2.75) is 120 Å². The van der Waals surface area contributed by atoms with E-state index in [1.807, 2.05) is 43.3 Å². The Morgan fingerprint density at radius 2 is 1.76 bits per heavy atom. The summed E-state index contributed by atoms with van der Waals surface area (Å²) in [7, 11) is -4.31. The molecule has 0 aromatic heterocycles. The van der Waals surface area contributed by atoms with Crippen molar-refractivity contribution in [1.29, 1.82) is 0 Å². The molecule has 7 rings (SSSR count). The number of ether oxygens (including phenoxy) is 4. The van der Waals surface area contributed by atoms with Crippen molar-refractivity contribution in [3.63, 3.8) is 0 Å². The minimum Gasteiger partial charge on any atom is -0.460 e. The molecule has 15 nitrogen and oxygen atoms in total. The van der Waals surface area contributed by atoms with Crippen LogP contribution in [0.1, 0.15) is 102 Å². The van der Waals surface area contributed by atoms with E-state index in [1.54, 1.807) is 30.3 Å². The number of nitrogens with zero attached hydrogens (tertiary/aromatic N) is 2. The van der Waals surface area contributed by atoms with Crippen LogP contribution in [0.4, 0.5) is 10.5 Å². The molecule has 2 heterocycles. The molecule has 7 atom stereocenters. The number of fused-ring (bicyclic) bond motifs is 2. The second-order valence-corrected chi connectivity index (χ2v) is 19.6. The lowest BCUT2D eigenvalue weighted by Crippen LogP contribution is -2.70. The predicted molar refractivity (Wildman–Crippen MR) is 254 cm³/mol. The number of carbonyl (C=O) groups excluding carboxylic acids is 2. The van der Waals surface area contributed by atoms with Crippen LogP contribution in [0.25, 0.3) is 0 Å². The van der Waals surface area contributed by atoms with Gasteiger partial charge in [-0.25, -0.2) is 13.2 Å². The first kappa shape index (κ1) is 49.8. The zero-order valence-corrected chi connectivity index (χ0v) is 39.5. The molecule has 0 spiro atoms. The zero-order valence-electron chi connectivity index (χ0n) is 38.6. The number of amides is 2. The Bertz CT molecular complexity index is 2320. The Kier molecular flexibility index (Phi) is 17.3. The number of sulfonamides is 1. The minimum atomic E-state index is -4.31. The molecule has 1 saturated heterocycles. The molecule has 1 saturated carbocycles. The zero-order chi connectivity index (χ0) is 47.4. The SMILES string of the molecule is C=CCO[C@@]12Oc3ccc(OC(=O)NCc4ccccc4)cc3[C@H]3[C@H](CCCCO)[C@@H](CCCCO)C=C(C(=NOC4CCCCO4)C[C@@H]1N(CCC)S(=O)(=O)c1ccc(NC(C)=O)cc1)[C@H]32. The van der Waals surface area contributed by atoms with E-state index >= 15 is 8.42 Å². The lowest BCUT2D eigenvalue weighted by atomic mass is 9.55. The molecular weight excluding hydrogens is 877 g/mol. The fraction of sp³-hybridized carbons (Fsp3) is 0.510. The lowest BCUT2D eigenvalue weighted by Gasteiger charge is -2.59. The van der Waals surface area contributed by atoms with E-state index in [0.717, 1.165) is 42.4 Å². The van der Waals surface area contributed by atoms with Gasteiger partial charge in [-0.1, -0.05) is 67.4 Å². The molecule has 362 valence electrons. The highest BCUT2D eigenvalue weighted by Crippen LogP contribution is 2.62. The summed E-state index contributed by atoms with van der Waals surface area (Å²) in [6, 6.07) is 19.9. The number of carbonyl (C=O) groups is 2. The molecule has 2 aliphatic heterocycles. The minimum absolute atomic E-state index is 0.0184. The van der Waals surface area contributed by atoms with E-state index in [9.17, 15) is 19.8 Å². The summed E-state index contributed by atoms with van der Waals surface area (Å²) >= 11 is 0. The third-order valence-corrected chi connectivity index (χ3v) is 15.0. The summed E-state index contributed by atoms with van der Waals surface area (Å²) in [5.41, 5.74) is 3.49. The molecule has 2 amide bonds. The highest BCUT2D eigenvalue weighted by atomic mass is 32.2. The quantitative estimate of drug-likeness (QED) is 0.0431. The third kappa shape index (κ3) is 11.6. The normalized spacial score (nSPS) is 25.0. The molecule has 67 heavy (non-hydrogen) atoms. The largest absolute Gasteiger partial charge is 0.460 e. The second kappa shape index (κ2) is 23.3. The van der Waals surface area contributed by atoms with Gasteiger partial charge in [0.2, 0.25) is 28.0 Å². The van der Waals surface area contributed by atoms with E-state index in [4.69, 9.17) is 28.9 Å². The maximum absolute atomic E-state index is 15.3. The topological polar surface area (TPSA) is 195 Å². The third-order valence-electron chi connectivity index (χ3n) is 13.1. The fourth-order valence-electron chi connectivity index (χ4n) is 10.2. The van der Waals surface area contributed by atoms with Crippen molar-refractivity contribution in [3.8, 4) is 11.5 Å². The molecule has 0 radical (unpaired) electrons. The first-order valence-corrected chi connectivity index (χ1v) is 25.2. The summed E-state index contributed by atoms with van der Waals surface area (Å²) in [6.45, 7) is 8.30. The average molecular weight is 943 g/mol. The van der Waals surface area contributed by atoms with Gasteiger partial charge in [-0.15, -0.1) is 6.58 Å². The fourth-order valence-corrected chi connectivity index (χ4v) is 12.0. The highest BCUT2D eigenvalue weighted by Gasteiger charge is 2.66. The number of anilines is 1. The van der Waals surface area contributed by atoms with Gasteiger partial charge in [-0.05, 0) is 110 Å². The van der Waals surface area contributed by atoms with E-state index in [1.165, 1.54) is 23.4 Å². The Balaban J connectivity index is 1.41. The van der Waals surface area contributed by atoms with Gasteiger partial charge in [0, 0.05) is 63.2 Å². The summed E-state index contributed by atoms with van der Waals surface area (Å²) in [6.07, 6.45) is 9.70. The van der Waals surface area contributed by atoms with Gasteiger partial charge in [0.1, 0.15) is 11.5 Å². The van der Waals surface area contributed by atoms with Crippen molar-refractivity contribution in [3.05, 3.63) is 108 Å². The van der Waals surface area contributed by atoms with Crippen LogP contribution in [0.2, 0.25) is 0 Å². The van der Waals surface area contributed by atoms with Crippen LogP contribution in [-0.4, -0.2) is 91.7 Å². The van der Waals surface area contributed by atoms with Crippen molar-refractivity contribution in [2.24, 2.45) is 22.9 Å². The van der Waals surface area contributed by atoms with Crippen LogP contribution in [-0.2, 0) is 35.7 Å². The van der Waals surface area contributed by atoms with Crippen molar-refractivity contribution >= 4 is 33.4 Å². The van der Waals surface area contributed by atoms with Gasteiger partial charge in [0.25, 0.3) is 0 Å². The van der Waals surface area contributed by atoms with Crippen LogP contribution in [0, 0.1) is 17.8 Å². The number of aliphatic hydroxyl groups excluding tert-OH is 2. The number of hydrogen-bond donors (Lipinski definition) is 4. The summed E-state index contributed by atoms with van der Waals surface area (Å²) in [5, 5.41) is 30.4. The van der Waals surface area contributed by atoms with Crippen molar-refractivity contribution in [1.82, 2.24) is 9.62 Å². The summed E-state index contributed by atoms with van der Waals surface area (Å²) in [4.78, 5) is 31.5. The molecule has 3 aromatic carbocycles. The van der Waals surface area contributed by atoms with E-state index < -0.39 is 46.1 Å². The van der Waals surface area contributed by atoms with Crippen LogP contribution < -0.4 is 20.1 Å². The number of hydrogen-bond acceptors (Lipinski definition) is 12. The monoisotopic (exact) mass is 942 g/mol. The summed E-state index contributed by atoms with van der Waals surface area (Å²) in [5.74, 6) is -2.43. The molecule has 4 N–H and O–H groups in total. The molecule has 3 aromatic rings. The molecule has 16 heteroatoms. The highest BCUT2D eigenvalue weighted by molar-refractivity contribution is 7.89. The maximum Gasteiger partial charge on any atom is 0.412 e. The van der Waals surface area contributed by atoms with Crippen LogP contribution >= 0.6 is 0 Å². The number of aliphatic hydroxyl groups is 2. The number of oxime groups is 1. The molecule has 2 aliphatic carbocycles. The number of unbranched alkanes of at least 4 members (excludes halogenated alkanes) is 2. The van der Waals surface area contributed by atoms with Crippen LogP contribution in [0.5, 0.6) is 11.5 Å². The molecule has 1 unspecified atom stereocenters. The van der Waals surface area contributed by atoms with Gasteiger partial charge >= 0.3 is 6.09 Å². The standard InChI is InChI=1S/C51H66N4O11S/c1-4-26-55(67(60,61)40-23-20-38(21-24-40)53-35(3)58)46-33-44(54-66-47-19-11-14-30-62-47)42-31-37(17-9-12-27-56)41(18-10-13-28-57)48-43-32-39(64-50(59)52-34-36-15-7-6-8-16-36)22-25-45(43)65-51(46,49(42)48)63-29-5-2/h5-8,15-16,20-25,31-32,37,41,46-49,56-57H,2,4,9-14,17-19,26-30,33-34H2,1,3H3,(H,52,59)(H,53,58)/t37-,41+,46-,47?,48+,49+,51+/m0/s1. The Morgan fingerprint density at radius 1 is 1.00 bits per heavy atom. The van der Waals surface area contributed by atoms with Gasteiger partial charge in [0.05, 0.1) is 35.8 Å². The number of nitrogens with one attached hydrogen (secondary N) is 2. The van der Waals surface area contributed by atoms with Gasteiger partial charge in [0.15, 0.2) is 0 Å².